The number of nitrogens with zero attached hydrogens (tertiary/aromatic N) is 2. The Hall–Kier alpha value is -2.22. The Labute approximate surface area is 106 Å². The first-order chi connectivity index (χ1) is 8.63. The van der Waals surface area contributed by atoms with Crippen molar-refractivity contribution in [1.82, 2.24) is 4.98 Å². The third-order valence-electron chi connectivity index (χ3n) is 2.31. The second-order valence-electron chi connectivity index (χ2n) is 3.35. The number of hydrogen-bond acceptors (Lipinski definition) is 7. The molecule has 1 heterocycles. The number of carbonyl (C=O) groups excluding carboxylic acids is 1. The molecule has 18 heavy (non-hydrogen) atoms. The minimum Gasteiger partial charge on any atom is -0.468 e. The van der Waals surface area contributed by atoms with E-state index in [9.17, 15) is 14.9 Å². The highest BCUT2D eigenvalue weighted by Gasteiger charge is 2.20. The molecule has 0 aliphatic rings. The number of anilines is 1. The van der Waals surface area contributed by atoms with Crippen molar-refractivity contribution in [3.8, 4) is 0 Å². The van der Waals surface area contributed by atoms with Crippen LogP contribution in [0.2, 0.25) is 0 Å². The quantitative estimate of drug-likeness (QED) is 0.515. The number of hydrogen-bond donors (Lipinski definition) is 1. The van der Waals surface area contributed by atoms with Gasteiger partial charge in [0.2, 0.25) is 0 Å². The molecule has 0 bridgehead atoms. The van der Waals surface area contributed by atoms with E-state index in [0.717, 1.165) is 4.70 Å². The summed E-state index contributed by atoms with van der Waals surface area (Å²) in [5.74, 6) is -0.498. The second kappa shape index (κ2) is 4.96. The van der Waals surface area contributed by atoms with Gasteiger partial charge in [-0.3, -0.25) is 14.9 Å². The van der Waals surface area contributed by atoms with Crippen molar-refractivity contribution in [2.24, 2.45) is 0 Å². The third kappa shape index (κ3) is 2.23. The van der Waals surface area contributed by atoms with Gasteiger partial charge in [-0.1, -0.05) is 0 Å². The van der Waals surface area contributed by atoms with Crippen LogP contribution in [-0.4, -0.2) is 29.5 Å². The fourth-order valence-electron chi connectivity index (χ4n) is 1.48. The van der Waals surface area contributed by atoms with Gasteiger partial charge in [-0.2, -0.15) is 0 Å². The zero-order valence-corrected chi connectivity index (χ0v) is 10.2. The van der Waals surface area contributed by atoms with Gasteiger partial charge >= 0.3 is 11.7 Å². The summed E-state index contributed by atoms with van der Waals surface area (Å²) in [4.78, 5) is 25.5. The number of benzene rings is 1. The highest BCUT2D eigenvalue weighted by atomic mass is 32.1. The summed E-state index contributed by atoms with van der Waals surface area (Å²) >= 11 is 1.32. The molecule has 0 aliphatic carbocycles. The van der Waals surface area contributed by atoms with Gasteiger partial charge < -0.3 is 10.1 Å². The van der Waals surface area contributed by atoms with Gasteiger partial charge in [-0.05, 0) is 12.1 Å². The molecule has 0 radical (unpaired) electrons. The fraction of sp³-hybridized carbons (Fsp3) is 0.200. The summed E-state index contributed by atoms with van der Waals surface area (Å²) in [6.45, 7) is -0.132. The molecule has 0 unspecified atom stereocenters. The Bertz CT molecular complexity index is 610. The second-order valence-corrected chi connectivity index (χ2v) is 4.23. The molecule has 2 rings (SSSR count). The van der Waals surface area contributed by atoms with Gasteiger partial charge in [-0.25, -0.2) is 4.98 Å². The van der Waals surface area contributed by atoms with Gasteiger partial charge in [0.05, 0.1) is 22.2 Å². The molecular formula is C10H9N3O4S. The van der Waals surface area contributed by atoms with Crippen LogP contribution in [-0.2, 0) is 9.53 Å². The predicted molar refractivity (Wildman–Crippen MR) is 66.8 cm³/mol. The molecule has 0 saturated heterocycles. The van der Waals surface area contributed by atoms with E-state index < -0.39 is 10.9 Å². The molecule has 2 aromatic rings. The average Bonchev–Trinajstić information content (AvgIpc) is 2.82. The van der Waals surface area contributed by atoms with Crippen molar-refractivity contribution in [2.45, 2.75) is 0 Å². The first kappa shape index (κ1) is 12.2. The van der Waals surface area contributed by atoms with Gasteiger partial charge in [0.1, 0.15) is 12.2 Å². The van der Waals surface area contributed by atoms with Crippen LogP contribution in [0, 0.1) is 10.1 Å². The number of methoxy groups -OCH3 is 1. The Morgan fingerprint density at radius 2 is 2.39 bits per heavy atom. The van der Waals surface area contributed by atoms with Crippen molar-refractivity contribution in [2.75, 3.05) is 19.0 Å². The molecule has 1 aromatic heterocycles. The highest BCUT2D eigenvalue weighted by Crippen LogP contribution is 2.34. The Morgan fingerprint density at radius 3 is 3.06 bits per heavy atom. The van der Waals surface area contributed by atoms with Crippen LogP contribution in [0.5, 0.6) is 0 Å². The van der Waals surface area contributed by atoms with Crippen LogP contribution in [0.4, 0.5) is 11.4 Å². The third-order valence-corrected chi connectivity index (χ3v) is 3.10. The van der Waals surface area contributed by atoms with Crippen LogP contribution in [0.15, 0.2) is 17.6 Å². The molecular weight excluding hydrogens is 258 g/mol. The summed E-state index contributed by atoms with van der Waals surface area (Å²) < 4.78 is 5.19. The minimum atomic E-state index is -0.512. The summed E-state index contributed by atoms with van der Waals surface area (Å²) in [7, 11) is 1.25. The maximum absolute atomic E-state index is 11.1. The molecule has 94 valence electrons. The normalized spacial score (nSPS) is 10.3. The molecule has 0 fully saturated rings. The van der Waals surface area contributed by atoms with E-state index in [0.29, 0.717) is 5.52 Å². The number of nitrogens with one attached hydrogen (secondary N) is 1. The molecule has 0 saturated carbocycles. The van der Waals surface area contributed by atoms with Gasteiger partial charge in [0, 0.05) is 0 Å². The Balaban J connectivity index is 2.40. The molecule has 0 spiro atoms. The van der Waals surface area contributed by atoms with Gasteiger partial charge in [0.25, 0.3) is 0 Å². The predicted octanol–water partition coefficient (Wildman–Crippen LogP) is 1.79. The lowest BCUT2D eigenvalue weighted by Crippen LogP contribution is -2.15. The molecule has 7 nitrogen and oxygen atoms in total. The first-order valence-electron chi connectivity index (χ1n) is 4.94. The van der Waals surface area contributed by atoms with Crippen LogP contribution in [0.1, 0.15) is 0 Å². The lowest BCUT2D eigenvalue weighted by molar-refractivity contribution is -0.382. The lowest BCUT2D eigenvalue weighted by atomic mass is 10.2. The molecule has 1 aromatic carbocycles. The summed E-state index contributed by atoms with van der Waals surface area (Å²) in [5.41, 5.74) is 1.99. The topological polar surface area (TPSA) is 94.4 Å². The zero-order valence-electron chi connectivity index (χ0n) is 9.37. The number of rotatable bonds is 4. The number of thiazole rings is 1. The van der Waals surface area contributed by atoms with Gasteiger partial charge in [0.15, 0.2) is 5.52 Å². The minimum absolute atomic E-state index is 0.127. The van der Waals surface area contributed by atoms with Crippen molar-refractivity contribution in [1.29, 1.82) is 0 Å². The number of aromatic nitrogens is 1. The lowest BCUT2D eigenvalue weighted by Gasteiger charge is -2.05. The number of nitro groups is 1. The van der Waals surface area contributed by atoms with E-state index in [1.165, 1.54) is 18.4 Å². The highest BCUT2D eigenvalue weighted by molar-refractivity contribution is 7.16. The summed E-state index contributed by atoms with van der Waals surface area (Å²) in [6, 6.07) is 3.28. The monoisotopic (exact) mass is 267 g/mol. The van der Waals surface area contributed by atoms with E-state index in [2.05, 4.69) is 15.0 Å². The molecule has 0 atom stereocenters. The maximum Gasteiger partial charge on any atom is 0.325 e. The first-order valence-corrected chi connectivity index (χ1v) is 5.82. The number of fused-ring (bicyclic) bond motifs is 1. The van der Waals surface area contributed by atoms with E-state index in [1.807, 2.05) is 0 Å². The van der Waals surface area contributed by atoms with E-state index in [4.69, 9.17) is 0 Å². The van der Waals surface area contributed by atoms with Crippen molar-refractivity contribution in [3.05, 3.63) is 27.8 Å². The number of carbonyl (C=O) groups is 1. The molecule has 1 N–H and O–H groups in total. The molecule has 0 amide bonds. The van der Waals surface area contributed by atoms with Crippen molar-refractivity contribution in [3.63, 3.8) is 0 Å². The number of ether oxygens (including phenoxy) is 1. The summed E-state index contributed by atoms with van der Waals surface area (Å²) in [5, 5.41) is 13.7. The van der Waals surface area contributed by atoms with Crippen LogP contribution >= 0.6 is 11.3 Å². The smallest absolute Gasteiger partial charge is 0.325 e. The average molecular weight is 267 g/mol. The zero-order chi connectivity index (χ0) is 13.1. The summed E-state index contributed by atoms with van der Waals surface area (Å²) in [6.07, 6.45) is 0. The van der Waals surface area contributed by atoms with E-state index in [1.54, 1.807) is 17.6 Å². The SMILES string of the molecule is COC(=O)CNc1ccc2scnc2c1[N+](=O)[O-]. The van der Waals surface area contributed by atoms with Crippen LogP contribution < -0.4 is 5.32 Å². The molecule has 8 heteroatoms. The Morgan fingerprint density at radius 1 is 1.61 bits per heavy atom. The van der Waals surface area contributed by atoms with Crippen molar-refractivity contribution >= 4 is 38.9 Å². The van der Waals surface area contributed by atoms with E-state index in [-0.39, 0.29) is 17.9 Å². The van der Waals surface area contributed by atoms with E-state index >= 15 is 0 Å². The van der Waals surface area contributed by atoms with Crippen molar-refractivity contribution < 1.29 is 14.5 Å². The van der Waals surface area contributed by atoms with Crippen LogP contribution in [0.3, 0.4) is 0 Å². The van der Waals surface area contributed by atoms with Gasteiger partial charge in [-0.15, -0.1) is 11.3 Å². The van der Waals surface area contributed by atoms with Crippen LogP contribution in [0.25, 0.3) is 10.2 Å². The number of nitro benzene ring substituents is 1. The fourth-order valence-corrected chi connectivity index (χ4v) is 2.16. The standard InChI is InChI=1S/C10H9N3O4S/c1-17-8(14)4-11-6-2-3-7-9(12-5-18-7)10(6)13(15)16/h2-3,5,11H,4H2,1H3. The number of esters is 1. The maximum atomic E-state index is 11.1. The Kier molecular flexibility index (Phi) is 3.38. The largest absolute Gasteiger partial charge is 0.468 e. The molecule has 0 aliphatic heterocycles.